The Kier molecular flexibility index (Phi) is 3.96. The molecule has 0 heterocycles. The van der Waals surface area contributed by atoms with E-state index in [1.807, 2.05) is 5.32 Å². The van der Waals surface area contributed by atoms with Crippen LogP contribution >= 0.6 is 15.9 Å². The Labute approximate surface area is 99.0 Å². The van der Waals surface area contributed by atoms with Gasteiger partial charge in [0.05, 0.1) is 6.04 Å². The number of nitrogens with one attached hydrogen (secondary N) is 1. The van der Waals surface area contributed by atoms with Crippen molar-refractivity contribution >= 4 is 21.8 Å². The summed E-state index contributed by atoms with van der Waals surface area (Å²) < 4.78 is 36.7. The number of carbonyl (C=O) groups is 1. The second kappa shape index (κ2) is 4.86. The molecule has 0 aliphatic rings. The fraction of sp³-hybridized carbons (Fsp3) is 0.300. The Balaban J connectivity index is 2.69. The molecular formula is C10H9BrF3NO. The lowest BCUT2D eigenvalue weighted by Crippen LogP contribution is -2.38. The number of amides is 1. The smallest absolute Gasteiger partial charge is 0.342 e. The van der Waals surface area contributed by atoms with E-state index >= 15 is 0 Å². The van der Waals surface area contributed by atoms with Crippen LogP contribution in [0.5, 0.6) is 0 Å². The number of benzene rings is 1. The van der Waals surface area contributed by atoms with E-state index < -0.39 is 18.1 Å². The van der Waals surface area contributed by atoms with Crippen LogP contribution in [0.4, 0.5) is 13.2 Å². The van der Waals surface area contributed by atoms with Gasteiger partial charge in [-0.1, -0.05) is 28.1 Å². The van der Waals surface area contributed by atoms with Crippen molar-refractivity contribution in [3.63, 3.8) is 0 Å². The molecule has 0 saturated carbocycles. The highest BCUT2D eigenvalue weighted by Gasteiger charge is 2.39. The Morgan fingerprint density at radius 2 is 1.81 bits per heavy atom. The molecule has 0 fully saturated rings. The van der Waals surface area contributed by atoms with Crippen LogP contribution in [0.25, 0.3) is 0 Å². The highest BCUT2D eigenvalue weighted by molar-refractivity contribution is 9.10. The van der Waals surface area contributed by atoms with E-state index in [0.717, 1.165) is 4.47 Å². The van der Waals surface area contributed by atoms with Crippen molar-refractivity contribution in [2.45, 2.75) is 19.1 Å². The van der Waals surface area contributed by atoms with Crippen LogP contribution in [0, 0.1) is 0 Å². The van der Waals surface area contributed by atoms with Crippen LogP contribution in [0.1, 0.15) is 18.5 Å². The van der Waals surface area contributed by atoms with Crippen molar-refractivity contribution in [3.05, 3.63) is 34.3 Å². The molecule has 16 heavy (non-hydrogen) atoms. The van der Waals surface area contributed by atoms with Gasteiger partial charge in [0, 0.05) is 4.47 Å². The SMILES string of the molecule is C[C@H](NC(=O)C(F)(F)F)c1ccc(Br)cc1. The molecule has 1 rings (SSSR count). The Hall–Kier alpha value is -1.04. The zero-order valence-electron chi connectivity index (χ0n) is 8.31. The van der Waals surface area contributed by atoms with E-state index in [1.54, 1.807) is 24.3 Å². The first kappa shape index (κ1) is 13.0. The van der Waals surface area contributed by atoms with Crippen LogP contribution in [-0.4, -0.2) is 12.1 Å². The first-order chi connectivity index (χ1) is 7.30. The quantitative estimate of drug-likeness (QED) is 0.892. The summed E-state index contributed by atoms with van der Waals surface area (Å²) in [6.45, 7) is 1.49. The van der Waals surface area contributed by atoms with Gasteiger partial charge in [-0.05, 0) is 24.6 Å². The highest BCUT2D eigenvalue weighted by atomic mass is 79.9. The Morgan fingerprint density at radius 1 is 1.31 bits per heavy atom. The van der Waals surface area contributed by atoms with Crippen LogP contribution in [-0.2, 0) is 4.79 Å². The number of hydrogen-bond acceptors (Lipinski definition) is 1. The van der Waals surface area contributed by atoms with Crippen LogP contribution in [0.2, 0.25) is 0 Å². The minimum atomic E-state index is -4.84. The molecule has 0 aromatic heterocycles. The largest absolute Gasteiger partial charge is 0.471 e. The minimum absolute atomic E-state index is 0.612. The summed E-state index contributed by atoms with van der Waals surface area (Å²) in [5.74, 6) is -1.93. The minimum Gasteiger partial charge on any atom is -0.342 e. The maximum atomic E-state index is 12.0. The standard InChI is InChI=1S/C10H9BrF3NO/c1-6(15-9(16)10(12,13)14)7-2-4-8(11)5-3-7/h2-6H,1H3,(H,15,16)/t6-/m0/s1. The molecule has 1 amide bonds. The lowest BCUT2D eigenvalue weighted by molar-refractivity contribution is -0.174. The summed E-state index contributed by atoms with van der Waals surface area (Å²) in [6.07, 6.45) is -4.84. The van der Waals surface area contributed by atoms with Gasteiger partial charge in [-0.2, -0.15) is 13.2 Å². The lowest BCUT2D eigenvalue weighted by Gasteiger charge is -2.15. The second-order valence-electron chi connectivity index (χ2n) is 3.24. The van der Waals surface area contributed by atoms with E-state index in [1.165, 1.54) is 6.92 Å². The van der Waals surface area contributed by atoms with Gasteiger partial charge in [0.25, 0.3) is 0 Å². The van der Waals surface area contributed by atoms with Gasteiger partial charge >= 0.3 is 12.1 Å². The van der Waals surface area contributed by atoms with E-state index in [9.17, 15) is 18.0 Å². The molecule has 1 aromatic carbocycles. The molecule has 0 aliphatic heterocycles. The topological polar surface area (TPSA) is 29.1 Å². The summed E-state index contributed by atoms with van der Waals surface area (Å²) in [7, 11) is 0. The van der Waals surface area contributed by atoms with Gasteiger partial charge < -0.3 is 5.32 Å². The zero-order valence-corrected chi connectivity index (χ0v) is 9.89. The van der Waals surface area contributed by atoms with Gasteiger partial charge in [-0.15, -0.1) is 0 Å². The number of halogens is 4. The highest BCUT2D eigenvalue weighted by Crippen LogP contribution is 2.19. The number of alkyl halides is 3. The zero-order chi connectivity index (χ0) is 12.3. The number of hydrogen-bond donors (Lipinski definition) is 1. The Morgan fingerprint density at radius 3 is 2.25 bits per heavy atom. The van der Waals surface area contributed by atoms with E-state index in [-0.39, 0.29) is 0 Å². The van der Waals surface area contributed by atoms with Gasteiger partial charge in [0.1, 0.15) is 0 Å². The van der Waals surface area contributed by atoms with Gasteiger partial charge in [-0.3, -0.25) is 4.79 Å². The number of rotatable bonds is 2. The number of carbonyl (C=O) groups excluding carboxylic acids is 1. The summed E-state index contributed by atoms with van der Waals surface area (Å²) in [5.41, 5.74) is 0.612. The molecule has 0 saturated heterocycles. The maximum Gasteiger partial charge on any atom is 0.471 e. The summed E-state index contributed by atoms with van der Waals surface area (Å²) in [6, 6.07) is 6.01. The molecule has 1 aromatic rings. The molecule has 0 radical (unpaired) electrons. The normalized spacial score (nSPS) is 13.3. The molecule has 0 unspecified atom stereocenters. The third-order valence-corrected chi connectivity index (χ3v) is 2.50. The third-order valence-electron chi connectivity index (χ3n) is 1.98. The van der Waals surface area contributed by atoms with Crippen LogP contribution < -0.4 is 5.32 Å². The third kappa shape index (κ3) is 3.52. The average molecular weight is 296 g/mol. The second-order valence-corrected chi connectivity index (χ2v) is 4.16. The fourth-order valence-corrected chi connectivity index (χ4v) is 1.38. The van der Waals surface area contributed by atoms with Crippen LogP contribution in [0.3, 0.4) is 0 Å². The van der Waals surface area contributed by atoms with E-state index in [0.29, 0.717) is 5.56 Å². The van der Waals surface area contributed by atoms with Crippen molar-refractivity contribution in [2.75, 3.05) is 0 Å². The van der Waals surface area contributed by atoms with E-state index in [4.69, 9.17) is 0 Å². The lowest BCUT2D eigenvalue weighted by atomic mass is 10.1. The van der Waals surface area contributed by atoms with Crippen molar-refractivity contribution in [1.29, 1.82) is 0 Å². The molecular weight excluding hydrogens is 287 g/mol. The molecule has 1 atom stereocenters. The first-order valence-electron chi connectivity index (χ1n) is 4.44. The molecule has 88 valence electrons. The van der Waals surface area contributed by atoms with Crippen molar-refractivity contribution in [3.8, 4) is 0 Å². The monoisotopic (exact) mass is 295 g/mol. The predicted molar refractivity (Wildman–Crippen MR) is 56.8 cm³/mol. The van der Waals surface area contributed by atoms with Crippen molar-refractivity contribution in [2.24, 2.45) is 0 Å². The Bertz CT molecular complexity index is 375. The molecule has 0 bridgehead atoms. The van der Waals surface area contributed by atoms with Crippen molar-refractivity contribution < 1.29 is 18.0 Å². The van der Waals surface area contributed by atoms with Gasteiger partial charge in [-0.25, -0.2) is 0 Å². The molecule has 6 heteroatoms. The summed E-state index contributed by atoms with van der Waals surface area (Å²) in [5, 5.41) is 1.88. The summed E-state index contributed by atoms with van der Waals surface area (Å²) in [4.78, 5) is 10.7. The molecule has 0 spiro atoms. The van der Waals surface area contributed by atoms with Gasteiger partial charge in [0.15, 0.2) is 0 Å². The molecule has 2 nitrogen and oxygen atoms in total. The van der Waals surface area contributed by atoms with Gasteiger partial charge in [0.2, 0.25) is 0 Å². The summed E-state index contributed by atoms with van der Waals surface area (Å²) >= 11 is 3.21. The fourth-order valence-electron chi connectivity index (χ4n) is 1.11. The average Bonchev–Trinajstić information content (AvgIpc) is 2.17. The van der Waals surface area contributed by atoms with Crippen molar-refractivity contribution in [1.82, 2.24) is 5.32 Å². The maximum absolute atomic E-state index is 12.0. The van der Waals surface area contributed by atoms with Crippen LogP contribution in [0.15, 0.2) is 28.7 Å². The predicted octanol–water partition coefficient (Wildman–Crippen LogP) is 3.19. The first-order valence-corrected chi connectivity index (χ1v) is 5.23. The molecule has 1 N–H and O–H groups in total. The van der Waals surface area contributed by atoms with E-state index in [2.05, 4.69) is 15.9 Å². The molecule has 0 aliphatic carbocycles.